The van der Waals surface area contributed by atoms with Crippen LogP contribution >= 0.6 is 0 Å². The Morgan fingerprint density at radius 3 is 2.50 bits per heavy atom. The Labute approximate surface area is 88.3 Å². The lowest BCUT2D eigenvalue weighted by molar-refractivity contribution is 0.127. The van der Waals surface area contributed by atoms with Gasteiger partial charge in [-0.05, 0) is 51.1 Å². The summed E-state index contributed by atoms with van der Waals surface area (Å²) in [6.45, 7) is 9.74. The fourth-order valence-electron chi connectivity index (χ4n) is 2.40. The Kier molecular flexibility index (Phi) is 4.90. The van der Waals surface area contributed by atoms with Gasteiger partial charge in [-0.2, -0.15) is 0 Å². The lowest BCUT2D eigenvalue weighted by atomic mass is 9.89. The molecule has 1 fully saturated rings. The minimum atomic E-state index is -0.175. The van der Waals surface area contributed by atoms with Crippen molar-refractivity contribution in [2.75, 3.05) is 19.6 Å². The van der Waals surface area contributed by atoms with Crippen molar-refractivity contribution in [2.45, 2.75) is 46.1 Å². The quantitative estimate of drug-likeness (QED) is 0.752. The highest BCUT2D eigenvalue weighted by atomic mass is 16.3. The topological polar surface area (TPSA) is 23.5 Å². The zero-order valence-corrected chi connectivity index (χ0v) is 9.87. The van der Waals surface area contributed by atoms with Crippen molar-refractivity contribution in [1.29, 1.82) is 0 Å². The molecule has 84 valence electrons. The average molecular weight is 199 g/mol. The monoisotopic (exact) mass is 199 g/mol. The van der Waals surface area contributed by atoms with E-state index in [9.17, 15) is 5.11 Å². The Morgan fingerprint density at radius 1 is 1.21 bits per heavy atom. The van der Waals surface area contributed by atoms with E-state index in [1.807, 2.05) is 6.92 Å². The van der Waals surface area contributed by atoms with Crippen LogP contribution in [0.25, 0.3) is 0 Å². The summed E-state index contributed by atoms with van der Waals surface area (Å²) in [6, 6.07) is 0. The smallest absolute Gasteiger partial charge is 0.0639 e. The summed E-state index contributed by atoms with van der Waals surface area (Å²) < 4.78 is 0. The molecule has 0 saturated carbocycles. The second kappa shape index (κ2) is 5.72. The van der Waals surface area contributed by atoms with Gasteiger partial charge >= 0.3 is 0 Å². The van der Waals surface area contributed by atoms with E-state index in [-0.39, 0.29) is 6.10 Å². The van der Waals surface area contributed by atoms with Gasteiger partial charge < -0.3 is 10.0 Å². The zero-order chi connectivity index (χ0) is 10.6. The van der Waals surface area contributed by atoms with Crippen LogP contribution in [0.2, 0.25) is 0 Å². The number of likely N-dealkylation sites (tertiary alicyclic amines) is 1. The Balaban J connectivity index is 2.33. The van der Waals surface area contributed by atoms with E-state index < -0.39 is 0 Å². The molecule has 0 amide bonds. The molecule has 1 aliphatic rings. The molecule has 0 aromatic rings. The van der Waals surface area contributed by atoms with Crippen molar-refractivity contribution in [3.8, 4) is 0 Å². The van der Waals surface area contributed by atoms with Gasteiger partial charge in [-0.1, -0.05) is 13.8 Å². The maximum absolute atomic E-state index is 9.33. The molecule has 2 heteroatoms. The lowest BCUT2D eigenvalue weighted by Crippen LogP contribution is -2.32. The van der Waals surface area contributed by atoms with Crippen LogP contribution in [0.15, 0.2) is 0 Å². The molecule has 0 radical (unpaired) electrons. The van der Waals surface area contributed by atoms with Gasteiger partial charge in [0.05, 0.1) is 6.10 Å². The molecule has 0 aliphatic carbocycles. The summed E-state index contributed by atoms with van der Waals surface area (Å²) in [5, 5.41) is 9.33. The van der Waals surface area contributed by atoms with E-state index in [2.05, 4.69) is 18.7 Å². The van der Waals surface area contributed by atoms with Crippen LogP contribution < -0.4 is 0 Å². The second-order valence-electron chi connectivity index (χ2n) is 5.08. The number of aliphatic hydroxyl groups is 1. The molecule has 0 aromatic heterocycles. The van der Waals surface area contributed by atoms with E-state index >= 15 is 0 Å². The third-order valence-electron chi connectivity index (χ3n) is 3.33. The van der Waals surface area contributed by atoms with Crippen LogP contribution in [0.1, 0.15) is 40.0 Å². The molecule has 1 rings (SSSR count). The summed E-state index contributed by atoms with van der Waals surface area (Å²) in [4.78, 5) is 2.41. The van der Waals surface area contributed by atoms with E-state index in [4.69, 9.17) is 0 Å². The third kappa shape index (κ3) is 3.97. The first-order valence-corrected chi connectivity index (χ1v) is 6.00. The maximum atomic E-state index is 9.33. The van der Waals surface area contributed by atoms with Crippen molar-refractivity contribution in [3.63, 3.8) is 0 Å². The van der Waals surface area contributed by atoms with E-state index in [1.54, 1.807) is 0 Å². The molecule has 1 aliphatic heterocycles. The Bertz CT molecular complexity index is 156. The number of nitrogens with zero attached hydrogens (tertiary/aromatic N) is 1. The summed E-state index contributed by atoms with van der Waals surface area (Å²) in [7, 11) is 0. The fourth-order valence-corrected chi connectivity index (χ4v) is 2.40. The van der Waals surface area contributed by atoms with Gasteiger partial charge in [0, 0.05) is 6.54 Å². The maximum Gasteiger partial charge on any atom is 0.0639 e. The molecule has 1 unspecified atom stereocenters. The van der Waals surface area contributed by atoms with Gasteiger partial charge in [0.25, 0.3) is 0 Å². The summed E-state index contributed by atoms with van der Waals surface area (Å²) in [6.07, 6.45) is 3.80. The minimum Gasteiger partial charge on any atom is -0.392 e. The molecular formula is C12H25NO. The van der Waals surface area contributed by atoms with E-state index in [1.165, 1.54) is 32.4 Å². The van der Waals surface area contributed by atoms with E-state index in [0.717, 1.165) is 18.4 Å². The normalized spacial score (nSPS) is 27.6. The first kappa shape index (κ1) is 12.0. The van der Waals surface area contributed by atoms with Crippen molar-refractivity contribution in [1.82, 2.24) is 4.90 Å². The summed E-state index contributed by atoms with van der Waals surface area (Å²) in [5.41, 5.74) is 0. The molecular weight excluding hydrogens is 174 g/mol. The Morgan fingerprint density at radius 2 is 1.93 bits per heavy atom. The molecule has 0 aromatic carbocycles. The summed E-state index contributed by atoms with van der Waals surface area (Å²) in [5.74, 6) is 1.72. The largest absolute Gasteiger partial charge is 0.392 e. The highest BCUT2D eigenvalue weighted by molar-refractivity contribution is 4.73. The number of aliphatic hydroxyl groups excluding tert-OH is 1. The predicted octanol–water partition coefficient (Wildman–Crippen LogP) is 2.13. The van der Waals surface area contributed by atoms with Crippen molar-refractivity contribution in [3.05, 3.63) is 0 Å². The van der Waals surface area contributed by atoms with Gasteiger partial charge in [-0.3, -0.25) is 0 Å². The number of β-amino-alcohol motifs (C(OH)–C–C–N with tert-alkyl or cyclic N) is 1. The van der Waals surface area contributed by atoms with Crippen LogP contribution in [-0.2, 0) is 0 Å². The molecule has 1 N–H and O–H groups in total. The average Bonchev–Trinajstić information content (AvgIpc) is 2.28. The second-order valence-corrected chi connectivity index (χ2v) is 5.08. The highest BCUT2D eigenvalue weighted by Gasteiger charge is 2.19. The van der Waals surface area contributed by atoms with Crippen molar-refractivity contribution < 1.29 is 5.11 Å². The van der Waals surface area contributed by atoms with Gasteiger partial charge in [0.2, 0.25) is 0 Å². The van der Waals surface area contributed by atoms with Crippen molar-refractivity contribution in [2.24, 2.45) is 11.8 Å². The van der Waals surface area contributed by atoms with Crippen LogP contribution in [0.5, 0.6) is 0 Å². The van der Waals surface area contributed by atoms with Gasteiger partial charge in [0.1, 0.15) is 0 Å². The lowest BCUT2D eigenvalue weighted by Gasteiger charge is -2.22. The molecule has 0 spiro atoms. The molecule has 14 heavy (non-hydrogen) atoms. The minimum absolute atomic E-state index is 0.175. The first-order chi connectivity index (χ1) is 6.59. The third-order valence-corrected chi connectivity index (χ3v) is 3.33. The number of rotatable bonds is 3. The van der Waals surface area contributed by atoms with Crippen LogP contribution in [0, 0.1) is 11.8 Å². The Hall–Kier alpha value is -0.0800. The zero-order valence-electron chi connectivity index (χ0n) is 9.87. The van der Waals surface area contributed by atoms with Gasteiger partial charge in [0.15, 0.2) is 0 Å². The number of hydrogen-bond donors (Lipinski definition) is 1. The fraction of sp³-hybridized carbons (Fsp3) is 1.00. The van der Waals surface area contributed by atoms with Crippen LogP contribution in [0.3, 0.4) is 0 Å². The first-order valence-electron chi connectivity index (χ1n) is 6.00. The molecule has 1 heterocycles. The SMILES string of the molecule is CC(C)C1CCCN(C[C@@H](C)O)CC1. The molecule has 0 bridgehead atoms. The number of hydrogen-bond acceptors (Lipinski definition) is 2. The molecule has 1 saturated heterocycles. The molecule has 2 atom stereocenters. The van der Waals surface area contributed by atoms with E-state index in [0.29, 0.717) is 0 Å². The summed E-state index contributed by atoms with van der Waals surface area (Å²) >= 11 is 0. The van der Waals surface area contributed by atoms with Gasteiger partial charge in [-0.25, -0.2) is 0 Å². The van der Waals surface area contributed by atoms with Gasteiger partial charge in [-0.15, -0.1) is 0 Å². The standard InChI is InChI=1S/C12H25NO/c1-10(2)12-5-4-7-13(8-6-12)9-11(3)14/h10-12,14H,4-9H2,1-3H3/t11-,12?/m1/s1. The van der Waals surface area contributed by atoms with Crippen LogP contribution in [0.4, 0.5) is 0 Å². The highest BCUT2D eigenvalue weighted by Crippen LogP contribution is 2.24. The van der Waals surface area contributed by atoms with Crippen molar-refractivity contribution >= 4 is 0 Å². The predicted molar refractivity (Wildman–Crippen MR) is 60.3 cm³/mol. The molecule has 2 nitrogen and oxygen atoms in total. The van der Waals surface area contributed by atoms with Crippen LogP contribution in [-0.4, -0.2) is 35.7 Å².